The van der Waals surface area contributed by atoms with E-state index in [1.807, 2.05) is 43.3 Å². The lowest BCUT2D eigenvalue weighted by Crippen LogP contribution is -2.14. The van der Waals surface area contributed by atoms with Gasteiger partial charge in [-0.15, -0.1) is 11.8 Å². The van der Waals surface area contributed by atoms with Crippen molar-refractivity contribution in [1.29, 1.82) is 0 Å². The topological polar surface area (TPSA) is 47.6 Å². The van der Waals surface area contributed by atoms with Crippen LogP contribution in [0, 0.1) is 6.92 Å². The Hall–Kier alpha value is -1.82. The number of anilines is 1. The molecule has 0 aliphatic rings. The van der Waals surface area contributed by atoms with Gasteiger partial charge in [0.1, 0.15) is 0 Å². The van der Waals surface area contributed by atoms with Crippen molar-refractivity contribution < 1.29 is 14.3 Å². The summed E-state index contributed by atoms with van der Waals surface area (Å²) >= 11 is 1.53. The summed E-state index contributed by atoms with van der Waals surface area (Å²) in [6.07, 6.45) is 0. The van der Waals surface area contributed by atoms with Crippen LogP contribution in [-0.4, -0.2) is 31.5 Å². The van der Waals surface area contributed by atoms with Gasteiger partial charge < -0.3 is 14.8 Å². The number of hydrogen-bond acceptors (Lipinski definition) is 4. The maximum Gasteiger partial charge on any atom is 0.234 e. The van der Waals surface area contributed by atoms with Crippen molar-refractivity contribution in [2.75, 3.05) is 30.9 Å². The Kier molecular flexibility index (Phi) is 8.52. The summed E-state index contributed by atoms with van der Waals surface area (Å²) in [5.74, 6) is 0.373. The summed E-state index contributed by atoms with van der Waals surface area (Å²) in [6, 6.07) is 15.9. The van der Waals surface area contributed by atoms with Crippen molar-refractivity contribution in [3.63, 3.8) is 0 Å². The highest BCUT2D eigenvalue weighted by Gasteiger charge is 2.05. The maximum absolute atomic E-state index is 12.1. The molecular formula is C20H25NO3S. The molecule has 0 bridgehead atoms. The molecule has 0 radical (unpaired) electrons. The lowest BCUT2D eigenvalue weighted by Gasteiger charge is -2.08. The van der Waals surface area contributed by atoms with E-state index in [-0.39, 0.29) is 5.91 Å². The number of carbonyl (C=O) groups excluding carboxylic acids is 1. The number of nitrogens with one attached hydrogen (secondary N) is 1. The molecule has 2 aromatic carbocycles. The Balaban J connectivity index is 1.76. The molecule has 0 aromatic heterocycles. The SMILES string of the molecule is CCOCCOCc1cccc(NC(=O)CSc2ccc(C)cc2)c1. The first-order valence-electron chi connectivity index (χ1n) is 8.41. The first kappa shape index (κ1) is 19.5. The fourth-order valence-corrected chi connectivity index (χ4v) is 2.87. The van der Waals surface area contributed by atoms with Crippen LogP contribution < -0.4 is 5.32 Å². The van der Waals surface area contributed by atoms with Gasteiger partial charge in [0.05, 0.1) is 25.6 Å². The lowest BCUT2D eigenvalue weighted by molar-refractivity contribution is -0.113. The van der Waals surface area contributed by atoms with Crippen molar-refractivity contribution in [3.8, 4) is 0 Å². The van der Waals surface area contributed by atoms with Crippen LogP contribution in [0.5, 0.6) is 0 Å². The van der Waals surface area contributed by atoms with Gasteiger partial charge in [-0.3, -0.25) is 4.79 Å². The molecule has 0 saturated heterocycles. The number of thioether (sulfide) groups is 1. The van der Waals surface area contributed by atoms with Gasteiger partial charge in [-0.2, -0.15) is 0 Å². The summed E-state index contributed by atoms with van der Waals surface area (Å²) in [5.41, 5.74) is 3.04. The highest BCUT2D eigenvalue weighted by Crippen LogP contribution is 2.19. The predicted octanol–water partition coefficient (Wildman–Crippen LogP) is 4.28. The van der Waals surface area contributed by atoms with Crippen LogP contribution in [0.2, 0.25) is 0 Å². The van der Waals surface area contributed by atoms with Crippen LogP contribution in [0.4, 0.5) is 5.69 Å². The van der Waals surface area contributed by atoms with Crippen molar-refractivity contribution in [3.05, 3.63) is 59.7 Å². The molecule has 0 unspecified atom stereocenters. The molecule has 5 heteroatoms. The van der Waals surface area contributed by atoms with Crippen LogP contribution in [0.1, 0.15) is 18.1 Å². The fourth-order valence-electron chi connectivity index (χ4n) is 2.17. The molecule has 0 heterocycles. The van der Waals surface area contributed by atoms with E-state index >= 15 is 0 Å². The van der Waals surface area contributed by atoms with Crippen LogP contribution >= 0.6 is 11.8 Å². The second-order valence-corrected chi connectivity index (χ2v) is 6.65. The van der Waals surface area contributed by atoms with E-state index < -0.39 is 0 Å². The molecule has 0 fully saturated rings. The summed E-state index contributed by atoms with van der Waals surface area (Å²) in [4.78, 5) is 13.2. The Morgan fingerprint density at radius 2 is 1.84 bits per heavy atom. The zero-order chi connectivity index (χ0) is 17.9. The largest absolute Gasteiger partial charge is 0.379 e. The summed E-state index contributed by atoms with van der Waals surface area (Å²) in [6.45, 7) is 6.39. The minimum Gasteiger partial charge on any atom is -0.379 e. The van der Waals surface area contributed by atoms with Crippen LogP contribution in [-0.2, 0) is 20.9 Å². The van der Waals surface area contributed by atoms with Crippen LogP contribution in [0.25, 0.3) is 0 Å². The van der Waals surface area contributed by atoms with E-state index in [0.29, 0.717) is 32.2 Å². The number of benzene rings is 2. The molecule has 134 valence electrons. The third-order valence-electron chi connectivity index (χ3n) is 3.45. The zero-order valence-electron chi connectivity index (χ0n) is 14.8. The first-order chi connectivity index (χ1) is 12.2. The normalized spacial score (nSPS) is 10.6. The van der Waals surface area contributed by atoms with E-state index in [1.54, 1.807) is 0 Å². The lowest BCUT2D eigenvalue weighted by atomic mass is 10.2. The average Bonchev–Trinajstić information content (AvgIpc) is 2.61. The number of amides is 1. The second-order valence-electron chi connectivity index (χ2n) is 5.60. The van der Waals surface area contributed by atoms with Gasteiger partial charge >= 0.3 is 0 Å². The molecular weight excluding hydrogens is 334 g/mol. The fraction of sp³-hybridized carbons (Fsp3) is 0.350. The van der Waals surface area contributed by atoms with Gasteiger partial charge in [0.15, 0.2) is 0 Å². The quantitative estimate of drug-likeness (QED) is 0.508. The minimum atomic E-state index is -0.0139. The molecule has 0 spiro atoms. The Labute approximate surface area is 153 Å². The van der Waals surface area contributed by atoms with Gasteiger partial charge in [-0.1, -0.05) is 29.8 Å². The third-order valence-corrected chi connectivity index (χ3v) is 4.46. The van der Waals surface area contributed by atoms with Crippen LogP contribution in [0.15, 0.2) is 53.4 Å². The van der Waals surface area contributed by atoms with Crippen molar-refractivity contribution >= 4 is 23.4 Å². The Morgan fingerprint density at radius 3 is 2.60 bits per heavy atom. The average molecular weight is 359 g/mol. The van der Waals surface area contributed by atoms with E-state index in [4.69, 9.17) is 9.47 Å². The Morgan fingerprint density at radius 1 is 1.08 bits per heavy atom. The summed E-state index contributed by atoms with van der Waals surface area (Å²) < 4.78 is 10.8. The standard InChI is InChI=1S/C20H25NO3S/c1-3-23-11-12-24-14-17-5-4-6-18(13-17)21-20(22)15-25-19-9-7-16(2)8-10-19/h4-10,13H,3,11-12,14-15H2,1-2H3,(H,21,22). The molecule has 0 atom stereocenters. The molecule has 4 nitrogen and oxygen atoms in total. The molecule has 2 rings (SSSR count). The van der Waals surface area contributed by atoms with Crippen molar-refractivity contribution in [1.82, 2.24) is 0 Å². The van der Waals surface area contributed by atoms with Gasteiger partial charge in [-0.05, 0) is 43.7 Å². The number of hydrogen-bond donors (Lipinski definition) is 1. The van der Waals surface area contributed by atoms with E-state index in [0.717, 1.165) is 16.1 Å². The second kappa shape index (κ2) is 10.9. The first-order valence-corrected chi connectivity index (χ1v) is 9.39. The number of carbonyl (C=O) groups is 1. The minimum absolute atomic E-state index is 0.0139. The van der Waals surface area contributed by atoms with Crippen LogP contribution in [0.3, 0.4) is 0 Å². The number of aryl methyl sites for hydroxylation is 1. The summed E-state index contributed by atoms with van der Waals surface area (Å²) in [7, 11) is 0. The number of ether oxygens (including phenoxy) is 2. The smallest absolute Gasteiger partial charge is 0.234 e. The van der Waals surface area contributed by atoms with Gasteiger partial charge in [0.25, 0.3) is 0 Å². The molecule has 0 aliphatic carbocycles. The molecule has 1 amide bonds. The van der Waals surface area contributed by atoms with Crippen molar-refractivity contribution in [2.45, 2.75) is 25.3 Å². The monoisotopic (exact) mass is 359 g/mol. The highest BCUT2D eigenvalue weighted by atomic mass is 32.2. The molecule has 0 aliphatic heterocycles. The zero-order valence-corrected chi connectivity index (χ0v) is 15.6. The highest BCUT2D eigenvalue weighted by molar-refractivity contribution is 8.00. The van der Waals surface area contributed by atoms with E-state index in [1.165, 1.54) is 17.3 Å². The molecule has 25 heavy (non-hydrogen) atoms. The van der Waals surface area contributed by atoms with Gasteiger partial charge in [0.2, 0.25) is 5.91 Å². The summed E-state index contributed by atoms with van der Waals surface area (Å²) in [5, 5.41) is 2.93. The molecule has 0 saturated carbocycles. The number of rotatable bonds is 10. The Bertz CT molecular complexity index is 658. The predicted molar refractivity (Wildman–Crippen MR) is 103 cm³/mol. The van der Waals surface area contributed by atoms with E-state index in [2.05, 4.69) is 24.4 Å². The molecule has 1 N–H and O–H groups in total. The third kappa shape index (κ3) is 7.73. The maximum atomic E-state index is 12.1. The van der Waals surface area contributed by atoms with E-state index in [9.17, 15) is 4.79 Å². The van der Waals surface area contributed by atoms with Gasteiger partial charge in [0, 0.05) is 17.2 Å². The van der Waals surface area contributed by atoms with Crippen molar-refractivity contribution in [2.24, 2.45) is 0 Å². The van der Waals surface area contributed by atoms with Gasteiger partial charge in [-0.25, -0.2) is 0 Å². The molecule has 2 aromatic rings.